The number of anilines is 1. The van der Waals surface area contributed by atoms with Crippen molar-refractivity contribution in [1.29, 1.82) is 0 Å². The highest BCUT2D eigenvalue weighted by Gasteiger charge is 2.11. The summed E-state index contributed by atoms with van der Waals surface area (Å²) in [7, 11) is -1.08. The van der Waals surface area contributed by atoms with Crippen LogP contribution in [-0.4, -0.2) is 38.7 Å². The van der Waals surface area contributed by atoms with Gasteiger partial charge in [-0.15, -0.1) is 0 Å². The van der Waals surface area contributed by atoms with Crippen molar-refractivity contribution in [3.05, 3.63) is 72.1 Å². The molecule has 0 aliphatic heterocycles. The second kappa shape index (κ2) is 8.62. The maximum atomic E-state index is 12.3. The minimum atomic E-state index is -1.08. The number of hydrogen-bond donors (Lipinski definition) is 1. The molecule has 0 aliphatic carbocycles. The van der Waals surface area contributed by atoms with Crippen LogP contribution in [0, 0.1) is 0 Å². The van der Waals surface area contributed by atoms with Crippen molar-refractivity contribution in [2.24, 2.45) is 0 Å². The van der Waals surface area contributed by atoms with Crippen LogP contribution in [0.5, 0.6) is 0 Å². The smallest absolute Gasteiger partial charge is 0.358 e. The number of rotatable bonds is 6. The summed E-state index contributed by atoms with van der Waals surface area (Å²) in [5, 5.41) is 7.00. The van der Waals surface area contributed by atoms with Gasteiger partial charge in [0.2, 0.25) is 0 Å². The molecule has 1 N–H and O–H groups in total. The summed E-state index contributed by atoms with van der Waals surface area (Å²) >= 11 is 0. The lowest BCUT2D eigenvalue weighted by atomic mass is 10.2. The van der Waals surface area contributed by atoms with E-state index < -0.39 is 16.8 Å². The van der Waals surface area contributed by atoms with Crippen molar-refractivity contribution in [1.82, 2.24) is 9.78 Å². The Bertz CT molecular complexity index is 1010. The zero-order chi connectivity index (χ0) is 20.1. The van der Waals surface area contributed by atoms with Gasteiger partial charge in [-0.25, -0.2) is 9.48 Å². The number of aromatic nitrogens is 2. The van der Waals surface area contributed by atoms with Gasteiger partial charge in [-0.05, 0) is 61.5 Å². The SMILES string of the molecule is CCOC(=O)c1ccn(-c2ccc(NC(=O)c3ccc(S(C)=O)cc3)cc2)n1. The summed E-state index contributed by atoms with van der Waals surface area (Å²) in [5.41, 5.74) is 2.07. The minimum Gasteiger partial charge on any atom is -0.461 e. The Labute approximate surface area is 164 Å². The maximum absolute atomic E-state index is 12.3. The lowest BCUT2D eigenvalue weighted by Crippen LogP contribution is -2.12. The zero-order valence-electron chi connectivity index (χ0n) is 15.4. The van der Waals surface area contributed by atoms with Gasteiger partial charge in [0, 0.05) is 39.4 Å². The molecule has 1 amide bonds. The molecular formula is C20H19N3O4S. The van der Waals surface area contributed by atoms with Crippen LogP contribution in [0.2, 0.25) is 0 Å². The predicted octanol–water partition coefficient (Wildman–Crippen LogP) is 3.04. The number of carbonyl (C=O) groups is 2. The molecule has 8 heteroatoms. The summed E-state index contributed by atoms with van der Waals surface area (Å²) in [5.74, 6) is -0.729. The molecule has 3 rings (SSSR count). The van der Waals surface area contributed by atoms with Gasteiger partial charge in [0.1, 0.15) is 0 Å². The largest absolute Gasteiger partial charge is 0.461 e. The van der Waals surface area contributed by atoms with E-state index >= 15 is 0 Å². The Hall–Kier alpha value is -3.26. The molecule has 0 saturated carbocycles. The number of esters is 1. The van der Waals surface area contributed by atoms with Gasteiger partial charge in [-0.1, -0.05) is 0 Å². The maximum Gasteiger partial charge on any atom is 0.358 e. The van der Waals surface area contributed by atoms with E-state index in [4.69, 9.17) is 4.74 Å². The molecule has 1 atom stereocenters. The van der Waals surface area contributed by atoms with Crippen molar-refractivity contribution in [2.45, 2.75) is 11.8 Å². The average molecular weight is 397 g/mol. The van der Waals surface area contributed by atoms with Crippen LogP contribution in [0.15, 0.2) is 65.7 Å². The van der Waals surface area contributed by atoms with E-state index in [-0.39, 0.29) is 11.6 Å². The number of ether oxygens (including phenoxy) is 1. The average Bonchev–Trinajstić information content (AvgIpc) is 3.19. The van der Waals surface area contributed by atoms with Gasteiger partial charge in [-0.3, -0.25) is 9.00 Å². The van der Waals surface area contributed by atoms with Crippen molar-refractivity contribution in [2.75, 3.05) is 18.2 Å². The first-order valence-electron chi connectivity index (χ1n) is 8.56. The van der Waals surface area contributed by atoms with E-state index in [1.807, 2.05) is 0 Å². The minimum absolute atomic E-state index is 0.232. The summed E-state index contributed by atoms with van der Waals surface area (Å²) < 4.78 is 17.9. The van der Waals surface area contributed by atoms with Gasteiger partial charge in [0.15, 0.2) is 5.69 Å². The molecular weight excluding hydrogens is 378 g/mol. The molecule has 0 radical (unpaired) electrons. The summed E-state index contributed by atoms with van der Waals surface area (Å²) in [4.78, 5) is 24.7. The van der Waals surface area contributed by atoms with Gasteiger partial charge < -0.3 is 10.1 Å². The van der Waals surface area contributed by atoms with Gasteiger partial charge >= 0.3 is 5.97 Å². The quantitative estimate of drug-likeness (QED) is 0.646. The Morgan fingerprint density at radius 1 is 1.07 bits per heavy atom. The third kappa shape index (κ3) is 4.52. The highest BCUT2D eigenvalue weighted by Crippen LogP contribution is 2.15. The molecule has 1 heterocycles. The number of carbonyl (C=O) groups excluding carboxylic acids is 2. The first-order valence-corrected chi connectivity index (χ1v) is 10.1. The van der Waals surface area contributed by atoms with Crippen molar-refractivity contribution in [3.8, 4) is 5.69 Å². The highest BCUT2D eigenvalue weighted by atomic mass is 32.2. The standard InChI is InChI=1S/C20H19N3O4S/c1-3-27-20(25)18-12-13-23(22-18)16-8-6-15(7-9-16)21-19(24)14-4-10-17(11-5-14)28(2)26/h4-13H,3H2,1-2H3,(H,21,24). The first kappa shape index (κ1) is 19.5. The molecule has 3 aromatic rings. The van der Waals surface area contributed by atoms with E-state index in [2.05, 4.69) is 10.4 Å². The molecule has 0 aliphatic rings. The lowest BCUT2D eigenvalue weighted by molar-refractivity contribution is 0.0519. The molecule has 7 nitrogen and oxygen atoms in total. The van der Waals surface area contributed by atoms with Crippen LogP contribution in [0.25, 0.3) is 5.69 Å². The summed E-state index contributed by atoms with van der Waals surface area (Å²) in [6, 6.07) is 15.3. The second-order valence-electron chi connectivity index (χ2n) is 5.85. The Balaban J connectivity index is 1.68. The normalized spacial score (nSPS) is 11.6. The van der Waals surface area contributed by atoms with Gasteiger partial charge in [0.25, 0.3) is 5.91 Å². The molecule has 0 bridgehead atoms. The van der Waals surface area contributed by atoms with E-state index in [1.165, 1.54) is 0 Å². The van der Waals surface area contributed by atoms with Crippen LogP contribution in [0.3, 0.4) is 0 Å². The number of hydrogen-bond acceptors (Lipinski definition) is 5. The number of benzene rings is 2. The summed E-state index contributed by atoms with van der Waals surface area (Å²) in [6.45, 7) is 2.03. The number of nitrogens with one attached hydrogen (secondary N) is 1. The molecule has 0 fully saturated rings. The molecule has 1 unspecified atom stereocenters. The fraction of sp³-hybridized carbons (Fsp3) is 0.150. The van der Waals surface area contributed by atoms with Crippen molar-refractivity contribution in [3.63, 3.8) is 0 Å². The van der Waals surface area contributed by atoms with E-state index in [0.717, 1.165) is 5.69 Å². The highest BCUT2D eigenvalue weighted by molar-refractivity contribution is 7.84. The predicted molar refractivity (Wildman–Crippen MR) is 106 cm³/mol. The van der Waals surface area contributed by atoms with Crippen LogP contribution in [0.1, 0.15) is 27.8 Å². The first-order chi connectivity index (χ1) is 13.5. The third-order valence-corrected chi connectivity index (χ3v) is 4.85. The summed E-state index contributed by atoms with van der Waals surface area (Å²) in [6.07, 6.45) is 3.25. The van der Waals surface area contributed by atoms with Crippen LogP contribution in [-0.2, 0) is 15.5 Å². The van der Waals surface area contributed by atoms with Crippen LogP contribution < -0.4 is 5.32 Å². The molecule has 28 heavy (non-hydrogen) atoms. The molecule has 0 saturated heterocycles. The number of amides is 1. The topological polar surface area (TPSA) is 90.3 Å². The lowest BCUT2D eigenvalue weighted by Gasteiger charge is -2.07. The number of nitrogens with zero attached hydrogens (tertiary/aromatic N) is 2. The Morgan fingerprint density at radius 3 is 2.36 bits per heavy atom. The third-order valence-electron chi connectivity index (χ3n) is 3.91. The van der Waals surface area contributed by atoms with Crippen LogP contribution in [0.4, 0.5) is 5.69 Å². The second-order valence-corrected chi connectivity index (χ2v) is 7.23. The fourth-order valence-electron chi connectivity index (χ4n) is 2.48. The van der Waals surface area contributed by atoms with Crippen molar-refractivity contribution >= 4 is 28.4 Å². The van der Waals surface area contributed by atoms with E-state index in [0.29, 0.717) is 22.8 Å². The monoisotopic (exact) mass is 397 g/mol. The van der Waals surface area contributed by atoms with E-state index in [9.17, 15) is 13.8 Å². The van der Waals surface area contributed by atoms with Gasteiger partial charge in [0.05, 0.1) is 12.3 Å². The van der Waals surface area contributed by atoms with E-state index in [1.54, 1.807) is 78.7 Å². The van der Waals surface area contributed by atoms with Gasteiger partial charge in [-0.2, -0.15) is 5.10 Å². The zero-order valence-corrected chi connectivity index (χ0v) is 16.2. The Morgan fingerprint density at radius 2 is 1.75 bits per heavy atom. The fourth-order valence-corrected chi connectivity index (χ4v) is 3.00. The van der Waals surface area contributed by atoms with Crippen LogP contribution >= 0.6 is 0 Å². The molecule has 1 aromatic heterocycles. The molecule has 2 aromatic carbocycles. The molecule has 0 spiro atoms. The molecule has 144 valence electrons. The Kier molecular flexibility index (Phi) is 6.00. The van der Waals surface area contributed by atoms with Crippen molar-refractivity contribution < 1.29 is 18.5 Å².